The molecule has 2 heterocycles. The van der Waals surface area contributed by atoms with E-state index in [2.05, 4.69) is 26.3 Å². The monoisotopic (exact) mass is 424 g/mol. The molecule has 0 saturated heterocycles. The summed E-state index contributed by atoms with van der Waals surface area (Å²) < 4.78 is 4.09. The van der Waals surface area contributed by atoms with Crippen LogP contribution in [-0.2, 0) is 17.9 Å². The van der Waals surface area contributed by atoms with Crippen molar-refractivity contribution >= 4 is 28.7 Å². The fourth-order valence-electron chi connectivity index (χ4n) is 4.04. The summed E-state index contributed by atoms with van der Waals surface area (Å²) in [6.45, 7) is 5.04. The fraction of sp³-hybridized carbons (Fsp3) is 0.455. The van der Waals surface area contributed by atoms with Gasteiger partial charge in [-0.05, 0) is 25.0 Å². The highest BCUT2D eigenvalue weighted by atomic mass is 32.2. The Bertz CT molecular complexity index is 1020. The lowest BCUT2D eigenvalue weighted by molar-refractivity contribution is -0.129. The van der Waals surface area contributed by atoms with Gasteiger partial charge in [-0.15, -0.1) is 16.8 Å². The first-order chi connectivity index (χ1) is 14.7. The maximum Gasteiger partial charge on any atom is 0.233 e. The van der Waals surface area contributed by atoms with Crippen LogP contribution in [-0.4, -0.2) is 54.0 Å². The van der Waals surface area contributed by atoms with Crippen LogP contribution in [0.3, 0.4) is 0 Å². The Hall–Kier alpha value is -2.61. The largest absolute Gasteiger partial charge is 0.342 e. The van der Waals surface area contributed by atoms with Crippen LogP contribution < -0.4 is 0 Å². The third kappa shape index (κ3) is 4.43. The van der Waals surface area contributed by atoms with E-state index in [0.717, 1.165) is 34.9 Å². The number of hydrogen-bond acceptors (Lipinski definition) is 5. The van der Waals surface area contributed by atoms with Crippen molar-refractivity contribution in [3.63, 3.8) is 0 Å². The van der Waals surface area contributed by atoms with Crippen LogP contribution >= 0.6 is 11.8 Å². The summed E-state index contributed by atoms with van der Waals surface area (Å²) in [5.74, 6) is 1.35. The molecule has 8 heteroatoms. The summed E-state index contributed by atoms with van der Waals surface area (Å²) in [5, 5.41) is 9.51. The Morgan fingerprint density at radius 1 is 1.27 bits per heavy atom. The fourth-order valence-corrected chi connectivity index (χ4v) is 4.93. The van der Waals surface area contributed by atoms with E-state index in [1.165, 1.54) is 31.0 Å². The summed E-state index contributed by atoms with van der Waals surface area (Å²) >= 11 is 1.45. The number of carbonyl (C=O) groups excluding carboxylic acids is 1. The molecule has 1 saturated carbocycles. The standard InChI is InChI=1S/C22H28N6OS/c1-3-13-28-20(14-27-16-23-18-11-7-8-12-19(18)27)24-25-22(28)30-15-21(29)26(2)17-9-5-4-6-10-17/h3,7-8,11-12,16-17H,1,4-6,9-10,13-15H2,2H3. The maximum absolute atomic E-state index is 12.7. The molecule has 2 aromatic heterocycles. The number of para-hydroxylation sites is 2. The first-order valence-corrected chi connectivity index (χ1v) is 11.5. The van der Waals surface area contributed by atoms with Crippen molar-refractivity contribution in [2.75, 3.05) is 12.8 Å². The van der Waals surface area contributed by atoms with E-state index in [-0.39, 0.29) is 5.91 Å². The van der Waals surface area contributed by atoms with Crippen molar-refractivity contribution in [2.24, 2.45) is 0 Å². The average molecular weight is 425 g/mol. The van der Waals surface area contributed by atoms with Gasteiger partial charge in [0.05, 0.1) is 29.7 Å². The molecular formula is C22H28N6OS. The Kier molecular flexibility index (Phi) is 6.52. The highest BCUT2D eigenvalue weighted by Crippen LogP contribution is 2.24. The van der Waals surface area contributed by atoms with Crippen molar-refractivity contribution in [1.82, 2.24) is 29.2 Å². The van der Waals surface area contributed by atoms with Crippen LogP contribution in [0.15, 0.2) is 48.4 Å². The molecule has 0 N–H and O–H groups in total. The van der Waals surface area contributed by atoms with Gasteiger partial charge < -0.3 is 14.0 Å². The molecule has 158 valence electrons. The molecule has 0 spiro atoms. The van der Waals surface area contributed by atoms with Gasteiger partial charge in [0.25, 0.3) is 0 Å². The molecule has 1 fully saturated rings. The van der Waals surface area contributed by atoms with Gasteiger partial charge in [-0.3, -0.25) is 4.79 Å². The number of carbonyl (C=O) groups is 1. The van der Waals surface area contributed by atoms with Gasteiger partial charge in [0.1, 0.15) is 0 Å². The Morgan fingerprint density at radius 3 is 2.87 bits per heavy atom. The summed E-state index contributed by atoms with van der Waals surface area (Å²) in [7, 11) is 1.93. The molecule has 1 aliphatic carbocycles. The Balaban J connectivity index is 1.45. The number of hydrogen-bond donors (Lipinski definition) is 0. The van der Waals surface area contributed by atoms with E-state index in [4.69, 9.17) is 0 Å². The van der Waals surface area contributed by atoms with Crippen molar-refractivity contribution < 1.29 is 4.79 Å². The van der Waals surface area contributed by atoms with Gasteiger partial charge in [-0.2, -0.15) is 0 Å². The molecule has 1 aliphatic rings. The zero-order valence-corrected chi connectivity index (χ0v) is 18.2. The zero-order chi connectivity index (χ0) is 20.9. The summed E-state index contributed by atoms with van der Waals surface area (Å²) in [5.41, 5.74) is 2.02. The smallest absolute Gasteiger partial charge is 0.233 e. The van der Waals surface area contributed by atoms with Gasteiger partial charge in [-0.25, -0.2) is 4.98 Å². The van der Waals surface area contributed by atoms with E-state index >= 15 is 0 Å². The second kappa shape index (κ2) is 9.47. The third-order valence-electron chi connectivity index (χ3n) is 5.78. The minimum absolute atomic E-state index is 0.155. The van der Waals surface area contributed by atoms with E-state index in [9.17, 15) is 4.79 Å². The number of fused-ring (bicyclic) bond motifs is 1. The van der Waals surface area contributed by atoms with Gasteiger partial charge in [-0.1, -0.05) is 49.2 Å². The molecule has 0 unspecified atom stereocenters. The third-order valence-corrected chi connectivity index (χ3v) is 6.74. The maximum atomic E-state index is 12.7. The van der Waals surface area contributed by atoms with Crippen LogP contribution in [0.5, 0.6) is 0 Å². The second-order valence-corrected chi connectivity index (χ2v) is 8.69. The minimum atomic E-state index is 0.155. The van der Waals surface area contributed by atoms with E-state index < -0.39 is 0 Å². The lowest BCUT2D eigenvalue weighted by Crippen LogP contribution is -2.39. The predicted octanol–water partition coefficient (Wildman–Crippen LogP) is 3.75. The number of thioether (sulfide) groups is 1. The van der Waals surface area contributed by atoms with Crippen molar-refractivity contribution in [1.29, 1.82) is 0 Å². The number of aromatic nitrogens is 5. The van der Waals surface area contributed by atoms with E-state index in [1.807, 2.05) is 53.2 Å². The summed E-state index contributed by atoms with van der Waals surface area (Å²) in [6.07, 6.45) is 9.61. The highest BCUT2D eigenvalue weighted by molar-refractivity contribution is 7.99. The summed E-state index contributed by atoms with van der Waals surface area (Å²) in [6, 6.07) is 8.41. The van der Waals surface area contributed by atoms with Crippen LogP contribution in [0, 0.1) is 0 Å². The van der Waals surface area contributed by atoms with Crippen LogP contribution in [0.4, 0.5) is 0 Å². The van der Waals surface area contributed by atoms with Crippen LogP contribution in [0.1, 0.15) is 37.9 Å². The average Bonchev–Trinajstić information content (AvgIpc) is 3.37. The first kappa shape index (κ1) is 20.7. The Labute approximate surface area is 181 Å². The number of imidazole rings is 1. The molecule has 3 aromatic rings. The molecule has 1 amide bonds. The SMILES string of the molecule is C=CCn1c(Cn2cnc3ccccc32)nnc1SCC(=O)N(C)C1CCCCC1. The Morgan fingerprint density at radius 2 is 2.07 bits per heavy atom. The predicted molar refractivity (Wildman–Crippen MR) is 119 cm³/mol. The molecule has 1 aromatic carbocycles. The van der Waals surface area contributed by atoms with E-state index in [0.29, 0.717) is 24.9 Å². The lowest BCUT2D eigenvalue weighted by atomic mass is 9.94. The number of amides is 1. The van der Waals surface area contributed by atoms with Crippen molar-refractivity contribution in [3.8, 4) is 0 Å². The molecule has 0 atom stereocenters. The van der Waals surface area contributed by atoms with Crippen molar-refractivity contribution in [2.45, 2.75) is 56.4 Å². The molecule has 0 radical (unpaired) electrons. The molecule has 0 aliphatic heterocycles. The minimum Gasteiger partial charge on any atom is -0.342 e. The quantitative estimate of drug-likeness (QED) is 0.407. The molecule has 4 rings (SSSR count). The number of allylic oxidation sites excluding steroid dienone is 1. The normalized spacial score (nSPS) is 14.8. The molecule has 0 bridgehead atoms. The second-order valence-electron chi connectivity index (χ2n) is 7.74. The van der Waals surface area contributed by atoms with E-state index in [1.54, 1.807) is 0 Å². The van der Waals surface area contributed by atoms with Gasteiger partial charge in [0.15, 0.2) is 11.0 Å². The van der Waals surface area contributed by atoms with Gasteiger partial charge in [0.2, 0.25) is 5.91 Å². The first-order valence-electron chi connectivity index (χ1n) is 10.5. The van der Waals surface area contributed by atoms with Crippen LogP contribution in [0.2, 0.25) is 0 Å². The van der Waals surface area contributed by atoms with Crippen LogP contribution in [0.25, 0.3) is 11.0 Å². The number of rotatable bonds is 8. The zero-order valence-electron chi connectivity index (χ0n) is 17.4. The lowest BCUT2D eigenvalue weighted by Gasteiger charge is -2.31. The highest BCUT2D eigenvalue weighted by Gasteiger charge is 2.23. The van der Waals surface area contributed by atoms with Gasteiger partial charge in [0, 0.05) is 19.6 Å². The molecular weight excluding hydrogens is 396 g/mol. The molecule has 7 nitrogen and oxygen atoms in total. The number of nitrogens with zero attached hydrogens (tertiary/aromatic N) is 6. The van der Waals surface area contributed by atoms with Crippen molar-refractivity contribution in [3.05, 3.63) is 49.1 Å². The molecule has 30 heavy (non-hydrogen) atoms. The topological polar surface area (TPSA) is 68.8 Å². The summed E-state index contributed by atoms with van der Waals surface area (Å²) in [4.78, 5) is 19.1. The number of benzene rings is 1. The van der Waals surface area contributed by atoms with Gasteiger partial charge >= 0.3 is 0 Å².